The highest BCUT2D eigenvalue weighted by Crippen LogP contribution is 2.27. The van der Waals surface area contributed by atoms with Gasteiger partial charge >= 0.3 is 0 Å². The molecule has 0 saturated heterocycles. The van der Waals surface area contributed by atoms with Gasteiger partial charge in [-0.05, 0) is 49.2 Å². The number of H-pyrrole nitrogens is 1. The van der Waals surface area contributed by atoms with E-state index in [1.807, 2.05) is 43.3 Å². The van der Waals surface area contributed by atoms with Crippen LogP contribution in [0.4, 0.5) is 5.95 Å². The normalized spacial score (nSPS) is 10.5. The Hall–Kier alpha value is -3.06. The molecule has 0 atom stereocenters. The van der Waals surface area contributed by atoms with Gasteiger partial charge in [-0.15, -0.1) is 5.10 Å². The number of nitrogens with zero attached hydrogens (tertiary/aromatic N) is 2. The lowest BCUT2D eigenvalue weighted by Crippen LogP contribution is -2.13. The number of ether oxygens (including phenoxy) is 2. The molecule has 146 valence electrons. The third kappa shape index (κ3) is 5.01. The number of nitrogens with one attached hydrogen (secondary N) is 2. The average Bonchev–Trinajstić information content (AvgIpc) is 3.16. The van der Waals surface area contributed by atoms with Crippen LogP contribution in [0.2, 0.25) is 5.02 Å². The predicted molar refractivity (Wildman–Crippen MR) is 108 cm³/mol. The highest BCUT2D eigenvalue weighted by atomic mass is 35.5. The standard InChI is InChI=1S/C20H21ClN4O3/c1-13-12-14(9-10-16(13)21)28-11-5-8-18(26)22-20-23-19(24-25-20)15-6-3-4-7-17(15)27-2/h3-4,6-7,9-10,12H,5,8,11H2,1-2H3,(H2,22,23,24,25,26). The van der Waals surface area contributed by atoms with E-state index in [2.05, 4.69) is 20.5 Å². The van der Waals surface area contributed by atoms with E-state index in [-0.39, 0.29) is 11.9 Å². The molecule has 8 heteroatoms. The number of methoxy groups -OCH3 is 1. The number of hydrogen-bond acceptors (Lipinski definition) is 5. The largest absolute Gasteiger partial charge is 0.496 e. The van der Waals surface area contributed by atoms with E-state index in [0.717, 1.165) is 16.9 Å². The molecule has 0 radical (unpaired) electrons. The molecule has 0 saturated carbocycles. The molecule has 1 aromatic heterocycles. The second-order valence-electron chi connectivity index (χ2n) is 6.12. The van der Waals surface area contributed by atoms with Gasteiger partial charge in [0.2, 0.25) is 11.9 Å². The minimum Gasteiger partial charge on any atom is -0.496 e. The number of anilines is 1. The summed E-state index contributed by atoms with van der Waals surface area (Å²) in [4.78, 5) is 16.4. The van der Waals surface area contributed by atoms with Gasteiger partial charge < -0.3 is 9.47 Å². The van der Waals surface area contributed by atoms with Crippen molar-refractivity contribution in [2.45, 2.75) is 19.8 Å². The highest BCUT2D eigenvalue weighted by Gasteiger charge is 2.12. The fourth-order valence-electron chi connectivity index (χ4n) is 2.60. The first-order valence-corrected chi connectivity index (χ1v) is 9.19. The van der Waals surface area contributed by atoms with Crippen molar-refractivity contribution in [1.29, 1.82) is 0 Å². The number of rotatable bonds is 8. The maximum absolute atomic E-state index is 12.1. The number of carbonyl (C=O) groups excluding carboxylic acids is 1. The Bertz CT molecular complexity index is 958. The van der Waals surface area contributed by atoms with Crippen molar-refractivity contribution in [3.8, 4) is 22.9 Å². The monoisotopic (exact) mass is 400 g/mol. The molecule has 0 bridgehead atoms. The molecule has 3 rings (SSSR count). The molecule has 2 N–H and O–H groups in total. The lowest BCUT2D eigenvalue weighted by molar-refractivity contribution is -0.116. The molecule has 0 aliphatic rings. The lowest BCUT2D eigenvalue weighted by Gasteiger charge is -2.07. The molecule has 1 heterocycles. The molecule has 0 fully saturated rings. The second kappa shape index (κ2) is 9.23. The number of para-hydroxylation sites is 1. The fraction of sp³-hybridized carbons (Fsp3) is 0.250. The van der Waals surface area contributed by atoms with Crippen molar-refractivity contribution in [3.05, 3.63) is 53.1 Å². The van der Waals surface area contributed by atoms with Crippen LogP contribution >= 0.6 is 11.6 Å². The summed E-state index contributed by atoms with van der Waals surface area (Å²) in [5.74, 6) is 1.97. The van der Waals surface area contributed by atoms with Crippen LogP contribution in [0.5, 0.6) is 11.5 Å². The van der Waals surface area contributed by atoms with Gasteiger partial charge in [-0.3, -0.25) is 15.2 Å². The molecule has 28 heavy (non-hydrogen) atoms. The number of carbonyl (C=O) groups is 1. The fourth-order valence-corrected chi connectivity index (χ4v) is 2.71. The molecule has 0 aliphatic carbocycles. The third-order valence-corrected chi connectivity index (χ3v) is 4.47. The van der Waals surface area contributed by atoms with Gasteiger partial charge in [-0.25, -0.2) is 0 Å². The van der Waals surface area contributed by atoms with Gasteiger partial charge in [0.1, 0.15) is 11.5 Å². The Morgan fingerprint density at radius 2 is 2.07 bits per heavy atom. The van der Waals surface area contributed by atoms with Crippen LogP contribution in [-0.4, -0.2) is 34.8 Å². The van der Waals surface area contributed by atoms with Gasteiger partial charge in [0, 0.05) is 11.4 Å². The van der Waals surface area contributed by atoms with Crippen molar-refractivity contribution >= 4 is 23.5 Å². The Morgan fingerprint density at radius 3 is 2.86 bits per heavy atom. The smallest absolute Gasteiger partial charge is 0.249 e. The summed E-state index contributed by atoms with van der Waals surface area (Å²) in [7, 11) is 1.59. The number of aromatic nitrogens is 3. The number of amides is 1. The summed E-state index contributed by atoms with van der Waals surface area (Å²) < 4.78 is 10.9. The van der Waals surface area contributed by atoms with Gasteiger partial charge in [0.15, 0.2) is 5.82 Å². The first-order chi connectivity index (χ1) is 13.6. The summed E-state index contributed by atoms with van der Waals surface area (Å²) in [6.45, 7) is 2.34. The quantitative estimate of drug-likeness (QED) is 0.552. The average molecular weight is 401 g/mol. The maximum Gasteiger partial charge on any atom is 0.249 e. The Labute approximate surface area is 168 Å². The molecule has 7 nitrogen and oxygen atoms in total. The molecule has 2 aromatic carbocycles. The molecule has 1 amide bonds. The predicted octanol–water partition coefficient (Wildman–Crippen LogP) is 4.24. The van der Waals surface area contributed by atoms with E-state index < -0.39 is 0 Å². The summed E-state index contributed by atoms with van der Waals surface area (Å²) in [5, 5.41) is 10.2. The van der Waals surface area contributed by atoms with Crippen molar-refractivity contribution in [1.82, 2.24) is 15.2 Å². The minimum absolute atomic E-state index is 0.179. The van der Waals surface area contributed by atoms with Crippen LogP contribution in [0.15, 0.2) is 42.5 Å². The number of hydrogen-bond donors (Lipinski definition) is 2. The third-order valence-electron chi connectivity index (χ3n) is 4.05. The number of aryl methyl sites for hydroxylation is 1. The van der Waals surface area contributed by atoms with E-state index in [4.69, 9.17) is 21.1 Å². The summed E-state index contributed by atoms with van der Waals surface area (Å²) >= 11 is 5.99. The van der Waals surface area contributed by atoms with Gasteiger partial charge in [-0.2, -0.15) is 4.98 Å². The summed E-state index contributed by atoms with van der Waals surface area (Å²) in [5.41, 5.74) is 1.72. The van der Waals surface area contributed by atoms with Crippen molar-refractivity contribution in [2.24, 2.45) is 0 Å². The van der Waals surface area contributed by atoms with Gasteiger partial charge in [0.25, 0.3) is 0 Å². The topological polar surface area (TPSA) is 89.1 Å². The van der Waals surface area contributed by atoms with E-state index in [0.29, 0.717) is 36.0 Å². The van der Waals surface area contributed by atoms with Crippen molar-refractivity contribution < 1.29 is 14.3 Å². The van der Waals surface area contributed by atoms with Crippen LogP contribution in [0.1, 0.15) is 18.4 Å². The zero-order valence-electron chi connectivity index (χ0n) is 15.7. The molecular weight excluding hydrogens is 380 g/mol. The Balaban J connectivity index is 1.47. The SMILES string of the molecule is COc1ccccc1-c1nc(NC(=O)CCCOc2ccc(Cl)c(C)c2)n[nH]1. The number of aromatic amines is 1. The van der Waals surface area contributed by atoms with Crippen LogP contribution in [-0.2, 0) is 4.79 Å². The summed E-state index contributed by atoms with van der Waals surface area (Å²) in [6.07, 6.45) is 0.863. The van der Waals surface area contributed by atoms with Gasteiger partial charge in [0.05, 0.1) is 19.3 Å². The molecule has 0 unspecified atom stereocenters. The zero-order valence-corrected chi connectivity index (χ0v) is 16.4. The first kappa shape index (κ1) is 19.7. The van der Waals surface area contributed by atoms with Gasteiger partial charge in [-0.1, -0.05) is 23.7 Å². The van der Waals surface area contributed by atoms with E-state index in [1.165, 1.54) is 0 Å². The lowest BCUT2D eigenvalue weighted by atomic mass is 10.2. The maximum atomic E-state index is 12.1. The minimum atomic E-state index is -0.179. The van der Waals surface area contributed by atoms with E-state index >= 15 is 0 Å². The van der Waals surface area contributed by atoms with E-state index in [1.54, 1.807) is 13.2 Å². The molecule has 0 aliphatic heterocycles. The van der Waals surface area contributed by atoms with Crippen LogP contribution in [0.25, 0.3) is 11.4 Å². The zero-order chi connectivity index (χ0) is 19.9. The second-order valence-corrected chi connectivity index (χ2v) is 6.53. The molecule has 0 spiro atoms. The van der Waals surface area contributed by atoms with Crippen LogP contribution in [0.3, 0.4) is 0 Å². The number of benzene rings is 2. The first-order valence-electron chi connectivity index (χ1n) is 8.81. The van der Waals surface area contributed by atoms with Crippen LogP contribution in [0, 0.1) is 6.92 Å². The summed E-state index contributed by atoms with van der Waals surface area (Å²) in [6, 6.07) is 12.9. The Kier molecular flexibility index (Phi) is 6.49. The Morgan fingerprint density at radius 1 is 1.25 bits per heavy atom. The molecular formula is C20H21ClN4O3. The van der Waals surface area contributed by atoms with Crippen LogP contribution < -0.4 is 14.8 Å². The highest BCUT2D eigenvalue weighted by molar-refractivity contribution is 6.31. The number of halogens is 1. The van der Waals surface area contributed by atoms with Crippen molar-refractivity contribution in [3.63, 3.8) is 0 Å². The van der Waals surface area contributed by atoms with Crippen molar-refractivity contribution in [2.75, 3.05) is 19.0 Å². The molecule has 3 aromatic rings. The van der Waals surface area contributed by atoms with E-state index in [9.17, 15) is 4.79 Å².